The van der Waals surface area contributed by atoms with Crippen LogP contribution in [-0.2, 0) is 55.8 Å². The first-order valence-corrected chi connectivity index (χ1v) is 45.1. The van der Waals surface area contributed by atoms with Crippen molar-refractivity contribution in [3.63, 3.8) is 0 Å². The minimum Gasteiger partial charge on any atom is -0.463 e. The van der Waals surface area contributed by atoms with Gasteiger partial charge in [-0.25, -0.2) is 9.13 Å². The van der Waals surface area contributed by atoms with E-state index in [0.717, 1.165) is 193 Å². The van der Waals surface area contributed by atoms with E-state index in [2.05, 4.69) is 203 Å². The predicted molar refractivity (Wildman–Crippen MR) is 454 cm³/mol. The number of allylic oxidation sites excluding steroid dienone is 30. The van der Waals surface area contributed by atoms with Crippen molar-refractivity contribution >= 4 is 33.6 Å². The quantitative estimate of drug-likeness (QED) is 0.0146. The number of aliphatic hydroxyl groups excluding tert-OH is 2. The van der Waals surface area contributed by atoms with Gasteiger partial charge in [-0.1, -0.05) is 325 Å². The van der Waals surface area contributed by atoms with Crippen molar-refractivity contribution in [1.29, 1.82) is 0 Å². The normalized spacial score (nSPS) is 14.8. The number of hydrogen-bond acceptors (Lipinski definition) is 14. The summed E-state index contributed by atoms with van der Waals surface area (Å²) in [6.07, 6.45) is 106. The van der Waals surface area contributed by atoms with Gasteiger partial charge in [-0.2, -0.15) is 0 Å². The summed E-state index contributed by atoms with van der Waals surface area (Å²) in [7, 11) is -9.82. The third kappa shape index (κ3) is 83.4. The molecule has 5 unspecified atom stereocenters. The summed E-state index contributed by atoms with van der Waals surface area (Å²) < 4.78 is 61.3. The second-order valence-corrected chi connectivity index (χ2v) is 30.4. The summed E-state index contributed by atoms with van der Waals surface area (Å²) in [5.74, 6) is -1.61. The first-order valence-electron chi connectivity index (χ1n) is 42.1. The van der Waals surface area contributed by atoms with E-state index in [9.17, 15) is 43.5 Å². The highest BCUT2D eigenvalue weighted by Crippen LogP contribution is 2.45. The highest BCUT2D eigenvalue weighted by atomic mass is 31.2. The topological polar surface area (TPSA) is 231 Å². The van der Waals surface area contributed by atoms with Gasteiger partial charge < -0.3 is 34.2 Å². The van der Waals surface area contributed by atoms with Gasteiger partial charge in [0, 0.05) is 19.3 Å². The van der Waals surface area contributed by atoms with Crippen molar-refractivity contribution in [3.8, 4) is 0 Å². The van der Waals surface area contributed by atoms with Crippen LogP contribution >= 0.6 is 15.6 Å². The summed E-state index contributed by atoms with van der Waals surface area (Å²) in [6, 6.07) is 0. The number of unbranched alkanes of at least 4 members (excludes halogenated alkanes) is 25. The Morgan fingerprint density at radius 3 is 0.725 bits per heavy atom. The number of carbonyl (C=O) groups excluding carboxylic acids is 3. The van der Waals surface area contributed by atoms with Crippen LogP contribution in [0.2, 0.25) is 0 Å². The predicted octanol–water partition coefficient (Wildman–Crippen LogP) is 25.3. The SMILES string of the molecule is CC/C=C\C/C=C\C/C=C\C/C=C\C/C=C\CCCCCCCCCCCCCC(=O)OCC(O)COP(=O)(O)OCC(O)COP(=O)(O)OCC(COC(=O)CCCCCCCCCCC/C=C\C/C=C\C/C=C\C/C=C\C/C=C\CC)OC(=O)CCCCCCC/C=C\C/C=C\C/C=C\C/C=C\C/C=C\CC. The third-order valence-corrected chi connectivity index (χ3v) is 19.0. The summed E-state index contributed by atoms with van der Waals surface area (Å²) >= 11 is 0. The van der Waals surface area contributed by atoms with E-state index in [4.69, 9.17) is 32.3 Å². The summed E-state index contributed by atoms with van der Waals surface area (Å²) in [4.78, 5) is 58.9. The molecule has 0 aliphatic rings. The number of phosphoric ester groups is 2. The molecule has 5 atom stereocenters. The van der Waals surface area contributed by atoms with Gasteiger partial charge in [0.1, 0.15) is 25.4 Å². The molecule has 0 aromatic heterocycles. The Morgan fingerprint density at radius 2 is 0.459 bits per heavy atom. The number of rotatable bonds is 78. The molecule has 18 heteroatoms. The van der Waals surface area contributed by atoms with E-state index < -0.39 is 91.5 Å². The van der Waals surface area contributed by atoms with Gasteiger partial charge in [0.2, 0.25) is 0 Å². The van der Waals surface area contributed by atoms with Crippen molar-refractivity contribution < 1.29 is 75.8 Å². The van der Waals surface area contributed by atoms with Crippen molar-refractivity contribution in [1.82, 2.24) is 0 Å². The second-order valence-electron chi connectivity index (χ2n) is 27.5. The molecular formula is C91H150O16P2. The van der Waals surface area contributed by atoms with Gasteiger partial charge in [-0.3, -0.25) is 32.5 Å². The zero-order valence-electron chi connectivity index (χ0n) is 67.9. The molecule has 4 N–H and O–H groups in total. The Hall–Kier alpha value is -5.35. The monoisotopic (exact) mass is 1560 g/mol. The van der Waals surface area contributed by atoms with E-state index in [1.807, 2.05) is 0 Å². The molecule has 0 aromatic carbocycles. The van der Waals surface area contributed by atoms with Gasteiger partial charge in [-0.05, 0) is 154 Å². The van der Waals surface area contributed by atoms with E-state index in [1.54, 1.807) is 0 Å². The Bertz CT molecular complexity index is 2710. The maximum Gasteiger partial charge on any atom is 0.472 e. The Kier molecular flexibility index (Phi) is 78.1. The van der Waals surface area contributed by atoms with Gasteiger partial charge in [-0.15, -0.1) is 0 Å². The average molecular weight is 1560 g/mol. The standard InChI is InChI=1S/C91H150O16P2/c1-4-7-10-13-16-19-22-25-28-31-34-37-39-41-42-44-46-48-50-53-56-59-62-65-68-71-74-77-89(94)101-80-86(92)81-103-108(97,98)104-82-87(93)83-105-109(99,100)106-85-88(107-91(96)79-76-73-70-67-64-61-58-55-52-47-36-33-30-27-24-21-18-15-12-9-6-3)84-102-90(95)78-75-72-69-66-63-60-57-54-51-49-45-43-40-38-35-32-29-26-23-20-17-14-11-8-5-2/h7-12,16-21,25-30,34-38,41-43,45,47,55,58,86-88,92-93H,4-6,13-15,22-24,31-33,39-40,44,46,48-54,56-57,59-85H2,1-3H3,(H,97,98)(H,99,100)/b10-7-,11-8-,12-9-,19-16-,20-17-,21-18-,28-25-,29-26-,30-27-,37-34-,38-35-,42-41-,45-43-,47-36-,58-55-. The highest BCUT2D eigenvalue weighted by molar-refractivity contribution is 7.47. The molecule has 0 saturated carbocycles. The number of carbonyl (C=O) groups is 3. The highest BCUT2D eigenvalue weighted by Gasteiger charge is 2.29. The van der Waals surface area contributed by atoms with Crippen LogP contribution in [0.4, 0.5) is 0 Å². The van der Waals surface area contributed by atoms with Gasteiger partial charge >= 0.3 is 33.6 Å². The maximum atomic E-state index is 13.0. The first kappa shape index (κ1) is 104. The fraction of sp³-hybridized carbons (Fsp3) is 0.637. The third-order valence-electron chi connectivity index (χ3n) is 17.1. The van der Waals surface area contributed by atoms with E-state index in [-0.39, 0.29) is 19.3 Å². The lowest BCUT2D eigenvalue weighted by atomic mass is 10.0. The van der Waals surface area contributed by atoms with Crippen LogP contribution in [-0.4, -0.2) is 95.9 Å². The lowest BCUT2D eigenvalue weighted by Gasteiger charge is -2.21. The smallest absolute Gasteiger partial charge is 0.463 e. The van der Waals surface area contributed by atoms with Crippen LogP contribution < -0.4 is 0 Å². The number of hydrogen-bond donors (Lipinski definition) is 4. The minimum atomic E-state index is -4.95. The number of aliphatic hydroxyl groups is 2. The van der Waals surface area contributed by atoms with Crippen LogP contribution in [0.5, 0.6) is 0 Å². The van der Waals surface area contributed by atoms with Crippen LogP contribution in [0.25, 0.3) is 0 Å². The first-order chi connectivity index (χ1) is 53.2. The minimum absolute atomic E-state index is 0.0745. The van der Waals surface area contributed by atoms with Crippen LogP contribution in [0.3, 0.4) is 0 Å². The molecule has 109 heavy (non-hydrogen) atoms. The number of phosphoric acid groups is 2. The van der Waals surface area contributed by atoms with Crippen molar-refractivity contribution in [2.45, 2.75) is 334 Å². The van der Waals surface area contributed by atoms with Crippen molar-refractivity contribution in [2.75, 3.05) is 39.6 Å². The molecule has 0 aromatic rings. The Balaban J connectivity index is 4.69. The number of esters is 3. The molecule has 0 spiro atoms. The molecule has 16 nitrogen and oxygen atoms in total. The van der Waals surface area contributed by atoms with E-state index in [1.165, 1.54) is 64.2 Å². The lowest BCUT2D eigenvalue weighted by Crippen LogP contribution is -2.30. The molecule has 0 saturated heterocycles. The van der Waals surface area contributed by atoms with Crippen molar-refractivity contribution in [3.05, 3.63) is 182 Å². The molecule has 0 fully saturated rings. The van der Waals surface area contributed by atoms with Crippen molar-refractivity contribution in [2.24, 2.45) is 0 Å². The summed E-state index contributed by atoms with van der Waals surface area (Å²) in [5.41, 5.74) is 0. The fourth-order valence-electron chi connectivity index (χ4n) is 10.8. The molecule has 0 aliphatic heterocycles. The summed E-state index contributed by atoms with van der Waals surface area (Å²) in [5, 5.41) is 20.7. The van der Waals surface area contributed by atoms with Crippen LogP contribution in [0.15, 0.2) is 182 Å². The Labute approximate surface area is 662 Å². The van der Waals surface area contributed by atoms with E-state index in [0.29, 0.717) is 19.3 Å². The lowest BCUT2D eigenvalue weighted by molar-refractivity contribution is -0.161. The molecular weight excluding hydrogens is 1410 g/mol. The van der Waals surface area contributed by atoms with Crippen LogP contribution in [0.1, 0.15) is 316 Å². The molecule has 0 radical (unpaired) electrons. The second kappa shape index (κ2) is 82.1. The summed E-state index contributed by atoms with van der Waals surface area (Å²) in [6.45, 7) is 2.32. The van der Waals surface area contributed by atoms with Gasteiger partial charge in [0.25, 0.3) is 0 Å². The van der Waals surface area contributed by atoms with Gasteiger partial charge in [0.05, 0.1) is 26.4 Å². The maximum absolute atomic E-state index is 13.0. The molecule has 620 valence electrons. The molecule has 0 heterocycles. The molecule has 0 bridgehead atoms. The molecule has 0 amide bonds. The Morgan fingerprint density at radius 1 is 0.257 bits per heavy atom. The number of ether oxygens (including phenoxy) is 3. The van der Waals surface area contributed by atoms with E-state index >= 15 is 0 Å². The fourth-order valence-corrected chi connectivity index (χ4v) is 12.4. The molecule has 0 aliphatic carbocycles. The zero-order chi connectivity index (χ0) is 79.4. The van der Waals surface area contributed by atoms with Crippen LogP contribution in [0, 0.1) is 0 Å². The molecule has 0 rings (SSSR count). The van der Waals surface area contributed by atoms with Gasteiger partial charge in [0.15, 0.2) is 6.10 Å². The zero-order valence-corrected chi connectivity index (χ0v) is 69.7. The largest absolute Gasteiger partial charge is 0.472 e. The average Bonchev–Trinajstić information content (AvgIpc) is 0.902.